The second kappa shape index (κ2) is 8.18. The van der Waals surface area contributed by atoms with Crippen molar-refractivity contribution in [2.45, 2.75) is 40.2 Å². The molecule has 0 unspecified atom stereocenters. The Kier molecular flexibility index (Phi) is 6.22. The van der Waals surface area contributed by atoms with E-state index in [0.29, 0.717) is 19.5 Å². The molecule has 0 saturated carbocycles. The number of piperazine rings is 1. The van der Waals surface area contributed by atoms with Gasteiger partial charge in [-0.1, -0.05) is 20.3 Å². The van der Waals surface area contributed by atoms with E-state index in [0.717, 1.165) is 30.2 Å². The first-order valence-corrected chi connectivity index (χ1v) is 8.80. The minimum Gasteiger partial charge on any atom is -0.480 e. The van der Waals surface area contributed by atoms with E-state index in [1.165, 1.54) is 0 Å². The van der Waals surface area contributed by atoms with Gasteiger partial charge in [0.15, 0.2) is 0 Å². The fourth-order valence-corrected chi connectivity index (χ4v) is 3.07. The van der Waals surface area contributed by atoms with Crippen molar-refractivity contribution >= 4 is 17.7 Å². The van der Waals surface area contributed by atoms with E-state index in [1.54, 1.807) is 4.90 Å². The van der Waals surface area contributed by atoms with Gasteiger partial charge in [-0.15, -0.1) is 0 Å². The number of hydrogen-bond acceptors (Lipinski definition) is 4. The number of amides is 2. The number of rotatable bonds is 5. The lowest BCUT2D eigenvalue weighted by molar-refractivity contribution is -0.140. The summed E-state index contributed by atoms with van der Waals surface area (Å²) >= 11 is 0. The number of urea groups is 1. The number of carbonyl (C=O) groups is 2. The molecular formula is C18H28N4O3. The number of anilines is 1. The number of nitrogens with one attached hydrogen (secondary N) is 1. The van der Waals surface area contributed by atoms with Gasteiger partial charge in [0.1, 0.15) is 6.04 Å². The van der Waals surface area contributed by atoms with Gasteiger partial charge >= 0.3 is 12.0 Å². The Morgan fingerprint density at radius 3 is 2.24 bits per heavy atom. The molecule has 1 aromatic rings. The Bertz CT molecular complexity index is 606. The average molecular weight is 348 g/mol. The minimum absolute atomic E-state index is 0.106. The predicted octanol–water partition coefficient (Wildman–Crippen LogP) is 2.03. The number of pyridine rings is 1. The van der Waals surface area contributed by atoms with Crippen LogP contribution in [-0.2, 0) is 4.79 Å². The monoisotopic (exact) mass is 348 g/mol. The highest BCUT2D eigenvalue weighted by atomic mass is 16.4. The molecule has 2 amide bonds. The number of carboxylic acids is 1. The normalized spacial score (nSPS) is 17.1. The molecule has 0 bridgehead atoms. The summed E-state index contributed by atoms with van der Waals surface area (Å²) in [5.41, 5.74) is 3.08. The van der Waals surface area contributed by atoms with Crippen LogP contribution in [0.5, 0.6) is 0 Å². The lowest BCUT2D eigenvalue weighted by atomic mass is 9.99. The lowest BCUT2D eigenvalue weighted by Crippen LogP contribution is -2.55. The van der Waals surface area contributed by atoms with Gasteiger partial charge < -0.3 is 20.2 Å². The number of aryl methyl sites for hydroxylation is 2. The Hall–Kier alpha value is -2.31. The van der Waals surface area contributed by atoms with Gasteiger partial charge in [-0.3, -0.25) is 4.98 Å². The summed E-state index contributed by atoms with van der Waals surface area (Å²) in [4.78, 5) is 32.1. The van der Waals surface area contributed by atoms with Crippen molar-refractivity contribution in [2.24, 2.45) is 5.92 Å². The quantitative estimate of drug-likeness (QED) is 0.850. The van der Waals surface area contributed by atoms with Crippen LogP contribution < -0.4 is 10.2 Å². The van der Waals surface area contributed by atoms with Gasteiger partial charge in [-0.25, -0.2) is 9.59 Å². The molecule has 138 valence electrons. The van der Waals surface area contributed by atoms with E-state index < -0.39 is 12.0 Å². The Morgan fingerprint density at radius 1 is 1.20 bits per heavy atom. The summed E-state index contributed by atoms with van der Waals surface area (Å²) in [6.07, 6.45) is 0.700. The molecule has 1 saturated heterocycles. The summed E-state index contributed by atoms with van der Waals surface area (Å²) in [6.45, 7) is 10.3. The first-order chi connectivity index (χ1) is 11.8. The van der Waals surface area contributed by atoms with Crippen molar-refractivity contribution in [1.82, 2.24) is 15.2 Å². The molecule has 7 heteroatoms. The van der Waals surface area contributed by atoms with Crippen LogP contribution in [0.1, 0.15) is 31.7 Å². The standard InChI is InChI=1S/C18H28N4O3/c1-5-12(2)16(17(23)24)20-18(25)22-8-6-21(7-9-22)15-10-13(3)19-14(4)11-15/h10-12,16H,5-9H2,1-4H3,(H,20,25)(H,23,24)/t12-,16-/m0/s1. The number of aromatic nitrogens is 1. The second-order valence-electron chi connectivity index (χ2n) is 6.73. The van der Waals surface area contributed by atoms with Crippen LogP contribution in [0.15, 0.2) is 12.1 Å². The molecule has 1 fully saturated rings. The number of nitrogens with zero attached hydrogens (tertiary/aromatic N) is 3. The van der Waals surface area contributed by atoms with Gasteiger partial charge in [-0.2, -0.15) is 0 Å². The van der Waals surface area contributed by atoms with E-state index >= 15 is 0 Å². The Balaban J connectivity index is 1.94. The summed E-state index contributed by atoms with van der Waals surface area (Å²) in [6, 6.07) is 2.95. The maximum Gasteiger partial charge on any atom is 0.326 e. The van der Waals surface area contributed by atoms with Crippen LogP contribution in [-0.4, -0.2) is 59.2 Å². The van der Waals surface area contributed by atoms with Gasteiger partial charge in [0, 0.05) is 43.3 Å². The van der Waals surface area contributed by atoms with Crippen molar-refractivity contribution in [1.29, 1.82) is 0 Å². The molecule has 2 atom stereocenters. The molecule has 1 aromatic heterocycles. The second-order valence-corrected chi connectivity index (χ2v) is 6.73. The highest BCUT2D eigenvalue weighted by Crippen LogP contribution is 2.18. The molecule has 2 heterocycles. The summed E-state index contributed by atoms with van der Waals surface area (Å²) in [5, 5.41) is 12.0. The van der Waals surface area contributed by atoms with Crippen LogP contribution in [0.2, 0.25) is 0 Å². The van der Waals surface area contributed by atoms with E-state index in [-0.39, 0.29) is 11.9 Å². The zero-order chi connectivity index (χ0) is 18.6. The van der Waals surface area contributed by atoms with Crippen molar-refractivity contribution in [2.75, 3.05) is 31.1 Å². The molecule has 25 heavy (non-hydrogen) atoms. The first kappa shape index (κ1) is 19.0. The van der Waals surface area contributed by atoms with Crippen LogP contribution in [0.4, 0.5) is 10.5 Å². The van der Waals surface area contributed by atoms with E-state index in [1.807, 2.05) is 39.8 Å². The van der Waals surface area contributed by atoms with Crippen LogP contribution in [0, 0.1) is 19.8 Å². The Labute approximate surface area is 149 Å². The zero-order valence-electron chi connectivity index (χ0n) is 15.5. The number of aliphatic carboxylic acids is 1. The minimum atomic E-state index is -0.982. The molecule has 1 aliphatic rings. The molecule has 1 aliphatic heterocycles. The summed E-state index contributed by atoms with van der Waals surface area (Å²) in [5.74, 6) is -1.09. The molecule has 2 N–H and O–H groups in total. The largest absolute Gasteiger partial charge is 0.480 e. The van der Waals surface area contributed by atoms with Crippen molar-refractivity contribution in [3.05, 3.63) is 23.5 Å². The van der Waals surface area contributed by atoms with Gasteiger partial charge in [0.05, 0.1) is 0 Å². The molecular weight excluding hydrogens is 320 g/mol. The SMILES string of the molecule is CC[C@H](C)[C@H](NC(=O)N1CCN(c2cc(C)nc(C)c2)CC1)C(=O)O. The van der Waals surface area contributed by atoms with Crippen LogP contribution >= 0.6 is 0 Å². The smallest absolute Gasteiger partial charge is 0.326 e. The Morgan fingerprint density at radius 2 is 1.76 bits per heavy atom. The fraction of sp³-hybridized carbons (Fsp3) is 0.611. The number of hydrogen-bond donors (Lipinski definition) is 2. The van der Waals surface area contributed by atoms with Gasteiger partial charge in [0.25, 0.3) is 0 Å². The number of carboxylic acid groups (broad SMARTS) is 1. The van der Waals surface area contributed by atoms with Crippen LogP contribution in [0.3, 0.4) is 0 Å². The molecule has 0 radical (unpaired) electrons. The van der Waals surface area contributed by atoms with E-state index in [2.05, 4.69) is 15.2 Å². The van der Waals surface area contributed by atoms with Crippen molar-refractivity contribution < 1.29 is 14.7 Å². The maximum atomic E-state index is 12.4. The van der Waals surface area contributed by atoms with Crippen molar-refractivity contribution in [3.63, 3.8) is 0 Å². The third kappa shape index (κ3) is 4.84. The molecule has 7 nitrogen and oxygen atoms in total. The fourth-order valence-electron chi connectivity index (χ4n) is 3.07. The zero-order valence-corrected chi connectivity index (χ0v) is 15.5. The van der Waals surface area contributed by atoms with Gasteiger partial charge in [0.2, 0.25) is 0 Å². The third-order valence-electron chi connectivity index (χ3n) is 4.76. The molecule has 2 rings (SSSR count). The van der Waals surface area contributed by atoms with E-state index in [4.69, 9.17) is 0 Å². The van der Waals surface area contributed by atoms with E-state index in [9.17, 15) is 14.7 Å². The summed E-state index contributed by atoms with van der Waals surface area (Å²) < 4.78 is 0. The van der Waals surface area contributed by atoms with Crippen molar-refractivity contribution in [3.8, 4) is 0 Å². The molecule has 0 aromatic carbocycles. The molecule has 0 aliphatic carbocycles. The maximum absolute atomic E-state index is 12.4. The lowest BCUT2D eigenvalue weighted by Gasteiger charge is -2.37. The first-order valence-electron chi connectivity index (χ1n) is 8.80. The summed E-state index contributed by atoms with van der Waals surface area (Å²) in [7, 11) is 0. The van der Waals surface area contributed by atoms with Crippen LogP contribution in [0.25, 0.3) is 0 Å². The third-order valence-corrected chi connectivity index (χ3v) is 4.76. The highest BCUT2D eigenvalue weighted by molar-refractivity contribution is 5.83. The number of carbonyl (C=O) groups excluding carboxylic acids is 1. The van der Waals surface area contributed by atoms with Gasteiger partial charge in [-0.05, 0) is 31.9 Å². The molecule has 0 spiro atoms. The highest BCUT2D eigenvalue weighted by Gasteiger charge is 2.29. The predicted molar refractivity (Wildman–Crippen MR) is 96.9 cm³/mol. The topological polar surface area (TPSA) is 85.8 Å². The average Bonchev–Trinajstić information content (AvgIpc) is 2.57.